The molecular weight excluding hydrogens is 206 g/mol. The van der Waals surface area contributed by atoms with E-state index in [1.54, 1.807) is 7.11 Å². The van der Waals surface area contributed by atoms with Crippen LogP contribution in [0.1, 0.15) is 27.2 Å². The smallest absolute Gasteiger partial charge is 0.0714 e. The fourth-order valence-electron chi connectivity index (χ4n) is 2.31. The number of hydrogen-bond acceptors (Lipinski definition) is 4. The summed E-state index contributed by atoms with van der Waals surface area (Å²) in [6.45, 7) is 8.80. The molecule has 0 aromatic rings. The molecule has 1 N–H and O–H groups in total. The summed E-state index contributed by atoms with van der Waals surface area (Å²) in [5, 5.41) is 8.70. The second-order valence-electron chi connectivity index (χ2n) is 5.37. The number of ether oxygens (including phenoxy) is 2. The monoisotopic (exact) mass is 231 g/mol. The average Bonchev–Trinajstić information content (AvgIpc) is 2.61. The molecule has 1 saturated heterocycles. The zero-order chi connectivity index (χ0) is 12.2. The van der Waals surface area contributed by atoms with E-state index in [9.17, 15) is 0 Å². The third-order valence-corrected chi connectivity index (χ3v) is 3.12. The van der Waals surface area contributed by atoms with Crippen LogP contribution in [0.25, 0.3) is 0 Å². The highest BCUT2D eigenvalue weighted by atomic mass is 16.5. The van der Waals surface area contributed by atoms with Crippen molar-refractivity contribution < 1.29 is 14.6 Å². The Morgan fingerprint density at radius 2 is 2.06 bits per heavy atom. The van der Waals surface area contributed by atoms with Crippen molar-refractivity contribution in [3.8, 4) is 0 Å². The molecule has 1 aliphatic heterocycles. The zero-order valence-corrected chi connectivity index (χ0v) is 10.9. The summed E-state index contributed by atoms with van der Waals surface area (Å²) in [4.78, 5) is 2.43. The van der Waals surface area contributed by atoms with E-state index in [0.717, 1.165) is 13.0 Å². The van der Waals surface area contributed by atoms with E-state index in [4.69, 9.17) is 14.6 Å². The van der Waals surface area contributed by atoms with E-state index in [0.29, 0.717) is 25.4 Å². The maximum absolute atomic E-state index is 8.70. The average molecular weight is 231 g/mol. The lowest BCUT2D eigenvalue weighted by atomic mass is 10.1. The highest BCUT2D eigenvalue weighted by Crippen LogP contribution is 2.28. The second-order valence-corrected chi connectivity index (χ2v) is 5.37. The molecule has 1 aliphatic rings. The van der Waals surface area contributed by atoms with Crippen molar-refractivity contribution in [1.82, 2.24) is 4.90 Å². The first-order valence-electron chi connectivity index (χ1n) is 5.97. The van der Waals surface area contributed by atoms with Crippen molar-refractivity contribution >= 4 is 0 Å². The van der Waals surface area contributed by atoms with Crippen LogP contribution in [-0.4, -0.2) is 61.2 Å². The van der Waals surface area contributed by atoms with Crippen molar-refractivity contribution in [2.75, 3.05) is 33.5 Å². The number of hydrogen-bond donors (Lipinski definition) is 1. The fraction of sp³-hybridized carbons (Fsp3) is 1.00. The van der Waals surface area contributed by atoms with Crippen LogP contribution in [0.15, 0.2) is 0 Å². The number of nitrogens with zero attached hydrogens (tertiary/aromatic N) is 1. The topological polar surface area (TPSA) is 41.9 Å². The van der Waals surface area contributed by atoms with Crippen LogP contribution in [0.3, 0.4) is 0 Å². The normalized spacial score (nSPS) is 27.6. The van der Waals surface area contributed by atoms with Crippen LogP contribution < -0.4 is 0 Å². The SMILES string of the molecule is COC1CC(COCCO)N(C(C)(C)C)C1. The van der Waals surface area contributed by atoms with Gasteiger partial charge >= 0.3 is 0 Å². The second kappa shape index (κ2) is 5.96. The van der Waals surface area contributed by atoms with Gasteiger partial charge in [0.05, 0.1) is 25.9 Å². The van der Waals surface area contributed by atoms with Gasteiger partial charge in [-0.1, -0.05) is 0 Å². The minimum Gasteiger partial charge on any atom is -0.394 e. The van der Waals surface area contributed by atoms with Crippen LogP contribution in [0.5, 0.6) is 0 Å². The van der Waals surface area contributed by atoms with Crippen LogP contribution in [-0.2, 0) is 9.47 Å². The van der Waals surface area contributed by atoms with Gasteiger partial charge in [0.2, 0.25) is 0 Å². The zero-order valence-electron chi connectivity index (χ0n) is 10.9. The van der Waals surface area contributed by atoms with Gasteiger partial charge in [0.1, 0.15) is 0 Å². The van der Waals surface area contributed by atoms with Crippen LogP contribution in [0, 0.1) is 0 Å². The molecule has 2 atom stereocenters. The lowest BCUT2D eigenvalue weighted by Crippen LogP contribution is -2.46. The molecule has 1 heterocycles. The van der Waals surface area contributed by atoms with Crippen molar-refractivity contribution in [3.05, 3.63) is 0 Å². The molecule has 1 rings (SSSR count). The standard InChI is InChI=1S/C12H25NO3/c1-12(2,3)13-8-11(15-4)7-10(13)9-16-6-5-14/h10-11,14H,5-9H2,1-4H3. The van der Waals surface area contributed by atoms with Crippen molar-refractivity contribution in [3.63, 3.8) is 0 Å². The van der Waals surface area contributed by atoms with Crippen LogP contribution >= 0.6 is 0 Å². The van der Waals surface area contributed by atoms with Gasteiger partial charge in [-0.2, -0.15) is 0 Å². The van der Waals surface area contributed by atoms with E-state index in [-0.39, 0.29) is 12.1 Å². The Balaban J connectivity index is 2.51. The van der Waals surface area contributed by atoms with Crippen molar-refractivity contribution in [2.45, 2.75) is 44.9 Å². The largest absolute Gasteiger partial charge is 0.394 e. The molecular formula is C12H25NO3. The number of methoxy groups -OCH3 is 1. The summed E-state index contributed by atoms with van der Waals surface area (Å²) in [6.07, 6.45) is 1.32. The summed E-state index contributed by atoms with van der Waals surface area (Å²) in [7, 11) is 1.77. The summed E-state index contributed by atoms with van der Waals surface area (Å²) in [6, 6.07) is 0.400. The maximum atomic E-state index is 8.70. The molecule has 0 radical (unpaired) electrons. The third-order valence-electron chi connectivity index (χ3n) is 3.12. The minimum atomic E-state index is 0.0932. The summed E-state index contributed by atoms with van der Waals surface area (Å²) >= 11 is 0. The Kier molecular flexibility index (Phi) is 5.18. The fourth-order valence-corrected chi connectivity index (χ4v) is 2.31. The lowest BCUT2D eigenvalue weighted by molar-refractivity contribution is 0.0245. The van der Waals surface area contributed by atoms with Crippen LogP contribution in [0.4, 0.5) is 0 Å². The van der Waals surface area contributed by atoms with Gasteiger partial charge in [-0.05, 0) is 27.2 Å². The van der Waals surface area contributed by atoms with Gasteiger partial charge in [0.25, 0.3) is 0 Å². The van der Waals surface area contributed by atoms with Crippen molar-refractivity contribution in [1.29, 1.82) is 0 Å². The molecule has 0 aromatic carbocycles. The highest BCUT2D eigenvalue weighted by molar-refractivity contribution is 4.92. The van der Waals surface area contributed by atoms with E-state index in [1.165, 1.54) is 0 Å². The molecule has 96 valence electrons. The van der Waals surface area contributed by atoms with Gasteiger partial charge in [0.15, 0.2) is 0 Å². The van der Waals surface area contributed by atoms with E-state index < -0.39 is 0 Å². The van der Waals surface area contributed by atoms with E-state index >= 15 is 0 Å². The summed E-state index contributed by atoms with van der Waals surface area (Å²) < 4.78 is 10.9. The molecule has 0 amide bonds. The Bertz CT molecular complexity index is 203. The predicted molar refractivity (Wildman–Crippen MR) is 63.6 cm³/mol. The highest BCUT2D eigenvalue weighted by Gasteiger charge is 2.38. The molecule has 0 bridgehead atoms. The molecule has 4 nitrogen and oxygen atoms in total. The molecule has 0 saturated carbocycles. The molecule has 16 heavy (non-hydrogen) atoms. The van der Waals surface area contributed by atoms with E-state index in [2.05, 4.69) is 25.7 Å². The molecule has 1 fully saturated rings. The van der Waals surface area contributed by atoms with Gasteiger partial charge < -0.3 is 14.6 Å². The van der Waals surface area contributed by atoms with Gasteiger partial charge in [-0.15, -0.1) is 0 Å². The Labute approximate surface area is 98.5 Å². The predicted octanol–water partition coefficient (Wildman–Crippen LogP) is 0.883. The number of rotatable bonds is 5. The number of likely N-dealkylation sites (tertiary alicyclic amines) is 1. The third kappa shape index (κ3) is 3.70. The Hall–Kier alpha value is -0.160. The lowest BCUT2D eigenvalue weighted by Gasteiger charge is -2.36. The first kappa shape index (κ1) is 13.9. The molecule has 0 aliphatic carbocycles. The minimum absolute atomic E-state index is 0.0932. The number of aliphatic hydroxyl groups is 1. The maximum Gasteiger partial charge on any atom is 0.0714 e. The first-order chi connectivity index (χ1) is 7.49. The molecule has 2 unspecified atom stereocenters. The summed E-state index contributed by atoms with van der Waals surface area (Å²) in [5.74, 6) is 0. The summed E-state index contributed by atoms with van der Waals surface area (Å²) in [5.41, 5.74) is 0.139. The van der Waals surface area contributed by atoms with Crippen LogP contribution in [0.2, 0.25) is 0 Å². The van der Waals surface area contributed by atoms with Gasteiger partial charge in [0, 0.05) is 25.2 Å². The van der Waals surface area contributed by atoms with Gasteiger partial charge in [-0.25, -0.2) is 0 Å². The molecule has 0 spiro atoms. The van der Waals surface area contributed by atoms with E-state index in [1.807, 2.05) is 0 Å². The Morgan fingerprint density at radius 1 is 1.38 bits per heavy atom. The quantitative estimate of drug-likeness (QED) is 0.713. The molecule has 0 aromatic heterocycles. The molecule has 4 heteroatoms. The number of aliphatic hydroxyl groups excluding tert-OH is 1. The van der Waals surface area contributed by atoms with Gasteiger partial charge in [-0.3, -0.25) is 4.90 Å². The Morgan fingerprint density at radius 3 is 2.56 bits per heavy atom. The first-order valence-corrected chi connectivity index (χ1v) is 5.97. The van der Waals surface area contributed by atoms with Crippen molar-refractivity contribution in [2.24, 2.45) is 0 Å².